The molecule has 104 valence electrons. The minimum absolute atomic E-state index is 0.133. The number of nitro benzene ring substituents is 1. The van der Waals surface area contributed by atoms with Gasteiger partial charge in [-0.15, -0.1) is 11.8 Å². The van der Waals surface area contributed by atoms with Crippen molar-refractivity contribution in [3.8, 4) is 0 Å². The zero-order valence-electron chi connectivity index (χ0n) is 10.9. The second-order valence-corrected chi connectivity index (χ2v) is 5.54. The Labute approximate surface area is 116 Å². The fourth-order valence-corrected chi connectivity index (χ4v) is 3.10. The maximum absolute atomic E-state index is 10.9. The van der Waals surface area contributed by atoms with Gasteiger partial charge in [0.1, 0.15) is 0 Å². The van der Waals surface area contributed by atoms with Gasteiger partial charge < -0.3 is 10.1 Å². The van der Waals surface area contributed by atoms with E-state index in [-0.39, 0.29) is 16.7 Å². The van der Waals surface area contributed by atoms with Crippen LogP contribution in [0.15, 0.2) is 23.1 Å². The molecule has 1 unspecified atom stereocenters. The van der Waals surface area contributed by atoms with Crippen molar-refractivity contribution in [1.82, 2.24) is 0 Å². The molecule has 1 fully saturated rings. The number of nitrogens with one attached hydrogen (secondary N) is 1. The first-order valence-electron chi connectivity index (χ1n) is 6.47. The molecule has 2 rings (SSSR count). The molecule has 1 saturated heterocycles. The minimum Gasteiger partial charge on any atom is -0.385 e. The predicted octanol–water partition coefficient (Wildman–Crippen LogP) is 3.30. The highest BCUT2D eigenvalue weighted by atomic mass is 32.2. The highest BCUT2D eigenvalue weighted by Crippen LogP contribution is 2.30. The van der Waals surface area contributed by atoms with Gasteiger partial charge in [-0.25, -0.2) is 0 Å². The summed E-state index contributed by atoms with van der Waals surface area (Å²) < 4.78 is 5.56. The van der Waals surface area contributed by atoms with Crippen molar-refractivity contribution in [2.75, 3.05) is 24.2 Å². The van der Waals surface area contributed by atoms with Crippen molar-refractivity contribution in [2.24, 2.45) is 0 Å². The van der Waals surface area contributed by atoms with Crippen molar-refractivity contribution in [3.05, 3.63) is 28.3 Å². The number of anilines is 1. The van der Waals surface area contributed by atoms with Gasteiger partial charge >= 0.3 is 0 Å². The summed E-state index contributed by atoms with van der Waals surface area (Å²) in [5.74, 6) is 0.854. The van der Waals surface area contributed by atoms with Crippen LogP contribution in [-0.2, 0) is 4.74 Å². The highest BCUT2D eigenvalue weighted by Gasteiger charge is 2.17. The Bertz CT molecular complexity index is 448. The molecule has 1 aliphatic heterocycles. The van der Waals surface area contributed by atoms with E-state index in [9.17, 15) is 10.1 Å². The Morgan fingerprint density at radius 2 is 2.37 bits per heavy atom. The monoisotopic (exact) mass is 282 g/mol. The van der Waals surface area contributed by atoms with E-state index in [2.05, 4.69) is 5.32 Å². The Morgan fingerprint density at radius 1 is 1.53 bits per heavy atom. The highest BCUT2D eigenvalue weighted by molar-refractivity contribution is 7.99. The fraction of sp³-hybridized carbons (Fsp3) is 0.538. The van der Waals surface area contributed by atoms with E-state index < -0.39 is 0 Å². The van der Waals surface area contributed by atoms with E-state index in [4.69, 9.17) is 4.74 Å². The summed E-state index contributed by atoms with van der Waals surface area (Å²) in [6.45, 7) is 3.55. The zero-order chi connectivity index (χ0) is 13.7. The van der Waals surface area contributed by atoms with E-state index in [1.54, 1.807) is 23.9 Å². The number of nitrogens with zero attached hydrogens (tertiary/aromatic N) is 1. The molecule has 1 aromatic carbocycles. The molecule has 1 atom stereocenters. The summed E-state index contributed by atoms with van der Waals surface area (Å²) in [6, 6.07) is 5.15. The number of ether oxygens (including phenoxy) is 1. The zero-order valence-corrected chi connectivity index (χ0v) is 11.7. The molecule has 1 N–H and O–H groups in total. The molecule has 1 aliphatic rings. The minimum atomic E-state index is -0.350. The van der Waals surface area contributed by atoms with Crippen LogP contribution in [0, 0.1) is 10.1 Å². The molecule has 5 nitrogen and oxygen atoms in total. The largest absolute Gasteiger partial charge is 0.385 e. The van der Waals surface area contributed by atoms with Gasteiger partial charge in [0.25, 0.3) is 5.69 Å². The molecule has 0 radical (unpaired) electrons. The average molecular weight is 282 g/mol. The topological polar surface area (TPSA) is 64.4 Å². The van der Waals surface area contributed by atoms with Crippen LogP contribution in [-0.4, -0.2) is 29.9 Å². The normalized spacial score (nSPS) is 18.5. The molecular weight excluding hydrogens is 264 g/mol. The van der Waals surface area contributed by atoms with Crippen molar-refractivity contribution < 1.29 is 9.66 Å². The lowest BCUT2D eigenvalue weighted by molar-refractivity contribution is -0.385. The summed E-state index contributed by atoms with van der Waals surface area (Å²) in [5.41, 5.74) is 0.930. The van der Waals surface area contributed by atoms with Crippen molar-refractivity contribution in [1.29, 1.82) is 0 Å². The third kappa shape index (κ3) is 4.11. The molecule has 0 aliphatic carbocycles. The summed E-state index contributed by atoms with van der Waals surface area (Å²) in [4.78, 5) is 11.5. The molecule has 0 saturated carbocycles. The molecular formula is C13H18N2O3S. The van der Waals surface area contributed by atoms with Gasteiger partial charge in [0.15, 0.2) is 0 Å². The van der Waals surface area contributed by atoms with Crippen molar-refractivity contribution in [3.63, 3.8) is 0 Å². The van der Waals surface area contributed by atoms with Gasteiger partial charge in [0.05, 0.1) is 11.0 Å². The molecule has 19 heavy (non-hydrogen) atoms. The Morgan fingerprint density at radius 3 is 3.00 bits per heavy atom. The number of non-ortho nitro benzene ring substituents is 1. The molecule has 0 bridgehead atoms. The molecule has 0 amide bonds. The third-order valence-corrected chi connectivity index (χ3v) is 4.05. The van der Waals surface area contributed by atoms with Gasteiger partial charge in [0.2, 0.25) is 0 Å². The maximum atomic E-state index is 10.9. The van der Waals surface area contributed by atoms with Crippen LogP contribution >= 0.6 is 11.8 Å². The van der Waals surface area contributed by atoms with Crippen LogP contribution in [0.5, 0.6) is 0 Å². The third-order valence-electron chi connectivity index (χ3n) is 2.94. The van der Waals surface area contributed by atoms with Gasteiger partial charge in [0, 0.05) is 41.6 Å². The van der Waals surface area contributed by atoms with E-state index in [0.29, 0.717) is 0 Å². The van der Waals surface area contributed by atoms with Crippen LogP contribution in [0.2, 0.25) is 0 Å². The quantitative estimate of drug-likeness (QED) is 0.492. The summed E-state index contributed by atoms with van der Waals surface area (Å²) in [5, 5.41) is 14.0. The Kier molecular flexibility index (Phi) is 5.04. The second kappa shape index (κ2) is 6.77. The van der Waals surface area contributed by atoms with Crippen molar-refractivity contribution >= 4 is 23.1 Å². The number of hydrogen-bond acceptors (Lipinski definition) is 5. The molecule has 0 spiro atoms. The van der Waals surface area contributed by atoms with E-state index in [1.807, 2.05) is 13.0 Å². The average Bonchev–Trinajstić information content (AvgIpc) is 2.89. The van der Waals surface area contributed by atoms with Crippen LogP contribution in [0.1, 0.15) is 19.8 Å². The maximum Gasteiger partial charge on any atom is 0.272 e. The van der Waals surface area contributed by atoms with Crippen LogP contribution in [0.3, 0.4) is 0 Å². The van der Waals surface area contributed by atoms with Crippen LogP contribution in [0.4, 0.5) is 11.4 Å². The predicted molar refractivity (Wildman–Crippen MR) is 77.0 cm³/mol. The first-order valence-corrected chi connectivity index (χ1v) is 7.45. The summed E-state index contributed by atoms with van der Waals surface area (Å²) in [7, 11) is 0. The first-order chi connectivity index (χ1) is 9.19. The smallest absolute Gasteiger partial charge is 0.272 e. The lowest BCUT2D eigenvalue weighted by Crippen LogP contribution is -2.07. The molecule has 0 aromatic heterocycles. The SMILES string of the molecule is CCNc1cc(SCC2CCCO2)cc([N+](=O)[O-])c1. The summed E-state index contributed by atoms with van der Waals surface area (Å²) in [6.07, 6.45) is 2.48. The molecule has 1 aromatic rings. The van der Waals surface area contributed by atoms with Crippen LogP contribution in [0.25, 0.3) is 0 Å². The lowest BCUT2D eigenvalue weighted by atomic mass is 10.3. The Hall–Kier alpha value is -1.27. The molecule has 6 heteroatoms. The number of benzene rings is 1. The Balaban J connectivity index is 2.06. The van der Waals surface area contributed by atoms with E-state index in [0.717, 1.165) is 42.3 Å². The number of hydrogen-bond donors (Lipinski definition) is 1. The molecule has 1 heterocycles. The van der Waals surface area contributed by atoms with E-state index in [1.165, 1.54) is 0 Å². The van der Waals surface area contributed by atoms with Gasteiger partial charge in [-0.05, 0) is 25.8 Å². The number of rotatable bonds is 6. The second-order valence-electron chi connectivity index (χ2n) is 4.45. The standard InChI is InChI=1S/C13H18N2O3S/c1-2-14-10-6-11(15(16)17)8-13(7-10)19-9-12-4-3-5-18-12/h6-8,12,14H,2-5,9H2,1H3. The van der Waals surface area contributed by atoms with Gasteiger partial charge in [-0.3, -0.25) is 10.1 Å². The lowest BCUT2D eigenvalue weighted by Gasteiger charge is -2.10. The number of nitro groups is 1. The van der Waals surface area contributed by atoms with Crippen molar-refractivity contribution in [2.45, 2.75) is 30.8 Å². The fourth-order valence-electron chi connectivity index (χ4n) is 2.04. The summed E-state index contributed by atoms with van der Waals surface area (Å²) >= 11 is 1.62. The first kappa shape index (κ1) is 14.1. The van der Waals surface area contributed by atoms with Crippen LogP contribution < -0.4 is 5.32 Å². The van der Waals surface area contributed by atoms with Gasteiger partial charge in [-0.1, -0.05) is 0 Å². The van der Waals surface area contributed by atoms with Gasteiger partial charge in [-0.2, -0.15) is 0 Å². The number of thioether (sulfide) groups is 1. The van der Waals surface area contributed by atoms with E-state index >= 15 is 0 Å².